The predicted molar refractivity (Wildman–Crippen MR) is 278 cm³/mol. The van der Waals surface area contributed by atoms with Crippen molar-refractivity contribution in [2.45, 2.75) is 125 Å². The minimum absolute atomic E-state index is 0. The van der Waals surface area contributed by atoms with E-state index in [2.05, 4.69) is 121 Å². The fourth-order valence-electron chi connectivity index (χ4n) is 7.82. The quantitative estimate of drug-likeness (QED) is 0.0994. The zero-order valence-corrected chi connectivity index (χ0v) is 46.7. The Morgan fingerprint density at radius 3 is 0.940 bits per heavy atom. The standard InChI is InChI=1S/C55H63O6.C4H9.CH3.Hf/c1-52(2,3)44-29-36(30-45(50(44)58-13)53(4,5)6)42-19-15-17-40(48(42)56)34-21-25-38(26-22-34)60-33-61-39-27-23-35(24-28-39)41-18-16-20-43(49(41)57)37-31-46(54(7,8)9)51(59-14)47(32-37)55(10,11)12;1-3-4-2;;/h15-33,56-57H,1-14H3;1,3-4H2,2H3;1H3;/q3*-1;. The molecule has 0 aliphatic heterocycles. The second-order valence-corrected chi connectivity index (χ2v) is 20.8. The van der Waals surface area contributed by atoms with Crippen LogP contribution in [0.4, 0.5) is 0 Å². The largest absolute Gasteiger partial charge is 0.623 e. The molecule has 0 radical (unpaired) electrons. The fraction of sp³-hybridized carbons (Fsp3) is 0.350. The molecule has 0 bridgehead atoms. The van der Waals surface area contributed by atoms with Crippen LogP contribution in [0.25, 0.3) is 44.5 Å². The molecule has 0 atom stereocenters. The Kier molecular flexibility index (Phi) is 19.2. The molecule has 6 aromatic carbocycles. The van der Waals surface area contributed by atoms with E-state index in [4.69, 9.17) is 18.9 Å². The zero-order chi connectivity index (χ0) is 48.1. The molecule has 7 heteroatoms. The maximum atomic E-state index is 11.7. The number of unbranched alkanes of at least 4 members (excludes halogenated alkanes) is 1. The van der Waals surface area contributed by atoms with Gasteiger partial charge in [-0.15, -0.1) is 0 Å². The summed E-state index contributed by atoms with van der Waals surface area (Å²) in [6, 6.07) is 35.4. The van der Waals surface area contributed by atoms with Gasteiger partial charge in [-0.1, -0.05) is 157 Å². The van der Waals surface area contributed by atoms with Crippen LogP contribution >= 0.6 is 0 Å². The monoisotopic (exact) mass is 1070 g/mol. The van der Waals surface area contributed by atoms with E-state index in [-0.39, 0.29) is 66.4 Å². The van der Waals surface area contributed by atoms with Gasteiger partial charge in [0.05, 0.1) is 25.7 Å². The molecule has 0 saturated carbocycles. The Bertz CT molecular complexity index is 2300. The Balaban J connectivity index is 0.00000191. The molecule has 0 aliphatic rings. The first kappa shape index (κ1) is 56.3. The van der Waals surface area contributed by atoms with Gasteiger partial charge in [0.2, 0.25) is 0 Å². The van der Waals surface area contributed by atoms with Crippen LogP contribution < -0.4 is 18.9 Å². The molecule has 2 N–H and O–H groups in total. The molecule has 6 nitrogen and oxygen atoms in total. The number of benzene rings is 6. The Morgan fingerprint density at radius 2 is 0.716 bits per heavy atom. The second kappa shape index (κ2) is 22.9. The molecular weight excluding hydrogens is 995 g/mol. The Hall–Kier alpha value is -5.01. The van der Waals surface area contributed by atoms with Crippen molar-refractivity contribution in [3.63, 3.8) is 0 Å². The number of hydrogen-bond donors (Lipinski definition) is 2. The van der Waals surface area contributed by atoms with Crippen molar-refractivity contribution in [2.75, 3.05) is 14.2 Å². The minimum atomic E-state index is -0.168. The van der Waals surface area contributed by atoms with Gasteiger partial charge in [0.1, 0.15) is 23.0 Å². The summed E-state index contributed by atoms with van der Waals surface area (Å²) < 4.78 is 23.7. The van der Waals surface area contributed by atoms with E-state index >= 15 is 0 Å². The summed E-state index contributed by atoms with van der Waals surface area (Å²) in [5.41, 5.74) is 10.3. The van der Waals surface area contributed by atoms with Gasteiger partial charge in [-0.3, -0.25) is 0 Å². The summed E-state index contributed by atoms with van der Waals surface area (Å²) >= 11 is 0. The zero-order valence-electron chi connectivity index (χ0n) is 43.1. The van der Waals surface area contributed by atoms with Crippen LogP contribution in [-0.2, 0) is 47.5 Å². The third-order valence-corrected chi connectivity index (χ3v) is 11.6. The van der Waals surface area contributed by atoms with Gasteiger partial charge < -0.3 is 43.5 Å². The van der Waals surface area contributed by atoms with E-state index in [1.165, 1.54) is 13.2 Å². The molecule has 0 saturated heterocycles. The molecular formula is C60H75HfO6-3. The second-order valence-electron chi connectivity index (χ2n) is 20.8. The minimum Gasteiger partial charge on any atom is -0.623 e. The molecule has 0 aromatic heterocycles. The van der Waals surface area contributed by atoms with Crippen molar-refractivity contribution in [2.24, 2.45) is 0 Å². The average molecular weight is 1070 g/mol. The summed E-state index contributed by atoms with van der Waals surface area (Å²) in [7, 11) is 3.46. The van der Waals surface area contributed by atoms with Crippen molar-refractivity contribution in [1.29, 1.82) is 0 Å². The predicted octanol–water partition coefficient (Wildman–Crippen LogP) is 16.6. The molecule has 0 spiro atoms. The normalized spacial score (nSPS) is 11.6. The molecule has 0 aliphatic carbocycles. The van der Waals surface area contributed by atoms with Gasteiger partial charge in [0, 0.05) is 77.1 Å². The van der Waals surface area contributed by atoms with E-state index in [9.17, 15) is 10.2 Å². The number of methoxy groups -OCH3 is 2. The van der Waals surface area contributed by atoms with Gasteiger partial charge >= 0.3 is 0 Å². The van der Waals surface area contributed by atoms with Crippen molar-refractivity contribution in [3.8, 4) is 79.0 Å². The van der Waals surface area contributed by atoms with E-state index in [0.29, 0.717) is 11.5 Å². The number of rotatable bonds is 11. The molecule has 0 fully saturated rings. The number of aromatic hydroxyl groups is 2. The van der Waals surface area contributed by atoms with Crippen LogP contribution in [0.5, 0.6) is 34.5 Å². The van der Waals surface area contributed by atoms with Gasteiger partial charge in [-0.2, -0.15) is 6.42 Å². The number of ether oxygens (including phenoxy) is 4. The van der Waals surface area contributed by atoms with Gasteiger partial charge in [0.15, 0.2) is 0 Å². The van der Waals surface area contributed by atoms with Gasteiger partial charge in [-0.05, 0) is 92.4 Å². The maximum absolute atomic E-state index is 11.7. The molecule has 67 heavy (non-hydrogen) atoms. The molecule has 6 rings (SSSR count). The summed E-state index contributed by atoms with van der Waals surface area (Å²) in [6.45, 7) is 33.2. The first-order valence-corrected chi connectivity index (χ1v) is 22.7. The summed E-state index contributed by atoms with van der Waals surface area (Å²) in [5, 5.41) is 23.4. The van der Waals surface area contributed by atoms with Crippen LogP contribution in [0.1, 0.15) is 125 Å². The molecule has 0 heterocycles. The van der Waals surface area contributed by atoms with Crippen molar-refractivity contribution < 1.29 is 55.0 Å². The van der Waals surface area contributed by atoms with Crippen LogP contribution in [0.3, 0.4) is 0 Å². The average Bonchev–Trinajstić information content (AvgIpc) is 3.25. The van der Waals surface area contributed by atoms with Crippen LogP contribution in [0, 0.1) is 21.1 Å². The molecule has 6 aromatic rings. The van der Waals surface area contributed by atoms with Crippen molar-refractivity contribution in [1.82, 2.24) is 0 Å². The van der Waals surface area contributed by atoms with Crippen LogP contribution in [0.2, 0.25) is 0 Å². The van der Waals surface area contributed by atoms with Crippen LogP contribution in [0.15, 0.2) is 109 Å². The first-order valence-electron chi connectivity index (χ1n) is 22.7. The smallest absolute Gasteiger partial charge is 0.131 e. The van der Waals surface area contributed by atoms with E-state index in [1.807, 2.05) is 84.9 Å². The number of phenolic OH excluding ortho intramolecular Hbond substituents is 2. The number of phenols is 2. The number of hydrogen-bond acceptors (Lipinski definition) is 6. The molecule has 358 valence electrons. The van der Waals surface area contributed by atoms with Gasteiger partial charge in [0.25, 0.3) is 0 Å². The molecule has 0 unspecified atom stereocenters. The SMILES string of the molecule is COc1c(C(C)(C)C)cc(-c2cccc(-c3ccc(O[CH-]Oc4ccc(-c5cccc(-c6cc(C(C)(C)C)c(OC)c(C(C)(C)C)c6)c5O)cc4)cc3)c2O)cc1C(C)(C)C.[CH2-]CCC.[CH3-].[Hf]. The van der Waals surface area contributed by atoms with Crippen molar-refractivity contribution >= 4 is 0 Å². The van der Waals surface area contributed by atoms with E-state index in [0.717, 1.165) is 84.7 Å². The first-order chi connectivity index (χ1) is 30.4. The fourth-order valence-corrected chi connectivity index (χ4v) is 7.82. The van der Waals surface area contributed by atoms with Crippen molar-refractivity contribution in [3.05, 3.63) is 153 Å². The third kappa shape index (κ3) is 13.4. The maximum Gasteiger partial charge on any atom is 0.131 e. The van der Waals surface area contributed by atoms with E-state index in [1.54, 1.807) is 14.2 Å². The number of para-hydroxylation sites is 2. The topological polar surface area (TPSA) is 77.4 Å². The Morgan fingerprint density at radius 1 is 0.463 bits per heavy atom. The van der Waals surface area contributed by atoms with Gasteiger partial charge in [-0.25, -0.2) is 0 Å². The third-order valence-electron chi connectivity index (χ3n) is 11.6. The van der Waals surface area contributed by atoms with E-state index < -0.39 is 0 Å². The summed E-state index contributed by atoms with van der Waals surface area (Å²) in [6.07, 6.45) is 2.28. The van der Waals surface area contributed by atoms with Crippen LogP contribution in [-0.4, -0.2) is 24.4 Å². The Labute approximate surface area is 422 Å². The summed E-state index contributed by atoms with van der Waals surface area (Å²) in [4.78, 5) is 0. The summed E-state index contributed by atoms with van der Waals surface area (Å²) in [5.74, 6) is 3.38. The molecule has 0 amide bonds.